The van der Waals surface area contributed by atoms with Gasteiger partial charge >= 0.3 is 0 Å². The van der Waals surface area contributed by atoms with Gasteiger partial charge in [0.05, 0.1) is 12.6 Å². The second-order valence-electron chi connectivity index (χ2n) is 6.90. The van der Waals surface area contributed by atoms with Gasteiger partial charge in [0.15, 0.2) is 0 Å². The molecule has 0 radical (unpaired) electrons. The molecule has 1 saturated carbocycles. The number of imidazole rings is 1. The summed E-state index contributed by atoms with van der Waals surface area (Å²) in [4.78, 5) is 4.48. The molecule has 1 fully saturated rings. The highest BCUT2D eigenvalue weighted by Crippen LogP contribution is 2.69. The van der Waals surface area contributed by atoms with Crippen LogP contribution >= 0.6 is 0 Å². The second kappa shape index (κ2) is 3.90. The van der Waals surface area contributed by atoms with Crippen molar-refractivity contribution in [2.24, 2.45) is 16.7 Å². The average Bonchev–Trinajstić information content (AvgIpc) is 2.67. The first-order valence-corrected chi connectivity index (χ1v) is 7.09. The van der Waals surface area contributed by atoms with Crippen LogP contribution < -0.4 is 10.5 Å². The molecular formula is C16H23N3O. The van der Waals surface area contributed by atoms with E-state index in [1.54, 1.807) is 7.11 Å². The molecule has 1 heterocycles. The quantitative estimate of drug-likeness (QED) is 0.933. The Bertz CT molecular complexity index is 656. The Morgan fingerprint density at radius 3 is 2.45 bits per heavy atom. The van der Waals surface area contributed by atoms with E-state index in [1.807, 2.05) is 12.1 Å². The van der Waals surface area contributed by atoms with Gasteiger partial charge in [0, 0.05) is 6.54 Å². The maximum absolute atomic E-state index is 6.13. The summed E-state index contributed by atoms with van der Waals surface area (Å²) in [7, 11) is 1.66. The standard InChI is InChI=1S/C16H23N3O/c1-15(2)12(16(15,3)4)9-19-10-7-6-8-11(20-5)13(10)18-14(19)17/h6-8,12H,9H2,1-5H3,(H2,17,18). The van der Waals surface area contributed by atoms with Crippen LogP contribution in [0.15, 0.2) is 18.2 Å². The minimum Gasteiger partial charge on any atom is -0.494 e. The molecule has 4 heteroatoms. The van der Waals surface area contributed by atoms with E-state index in [0.29, 0.717) is 22.7 Å². The molecule has 1 aliphatic carbocycles. The highest BCUT2D eigenvalue weighted by Gasteiger charge is 2.64. The molecular weight excluding hydrogens is 250 g/mol. The van der Waals surface area contributed by atoms with Gasteiger partial charge in [-0.25, -0.2) is 4.98 Å². The lowest BCUT2D eigenvalue weighted by Gasteiger charge is -2.08. The Kier molecular flexibility index (Phi) is 2.59. The van der Waals surface area contributed by atoms with E-state index in [2.05, 4.69) is 43.3 Å². The summed E-state index contributed by atoms with van der Waals surface area (Å²) < 4.78 is 7.49. The molecule has 0 saturated heterocycles. The van der Waals surface area contributed by atoms with Gasteiger partial charge in [0.2, 0.25) is 5.95 Å². The predicted molar refractivity (Wildman–Crippen MR) is 81.7 cm³/mol. The van der Waals surface area contributed by atoms with Crippen molar-refractivity contribution >= 4 is 17.0 Å². The largest absolute Gasteiger partial charge is 0.494 e. The number of anilines is 1. The molecule has 1 aromatic heterocycles. The van der Waals surface area contributed by atoms with Crippen molar-refractivity contribution in [3.8, 4) is 5.75 Å². The third kappa shape index (κ3) is 1.57. The van der Waals surface area contributed by atoms with Crippen molar-refractivity contribution in [2.45, 2.75) is 34.2 Å². The zero-order chi connectivity index (χ0) is 14.7. The van der Waals surface area contributed by atoms with Crippen molar-refractivity contribution < 1.29 is 4.74 Å². The topological polar surface area (TPSA) is 53.1 Å². The van der Waals surface area contributed by atoms with Gasteiger partial charge in [-0.15, -0.1) is 0 Å². The molecule has 0 atom stereocenters. The van der Waals surface area contributed by atoms with Crippen molar-refractivity contribution in [3.05, 3.63) is 18.2 Å². The van der Waals surface area contributed by atoms with E-state index in [0.717, 1.165) is 23.3 Å². The Morgan fingerprint density at radius 2 is 1.90 bits per heavy atom. The highest BCUT2D eigenvalue weighted by molar-refractivity contribution is 5.84. The van der Waals surface area contributed by atoms with Crippen LogP contribution in [-0.4, -0.2) is 16.7 Å². The van der Waals surface area contributed by atoms with Gasteiger partial charge in [-0.1, -0.05) is 33.8 Å². The lowest BCUT2D eigenvalue weighted by molar-refractivity contribution is 0.419. The minimum absolute atomic E-state index is 0.342. The van der Waals surface area contributed by atoms with Gasteiger partial charge in [0.25, 0.3) is 0 Å². The summed E-state index contributed by atoms with van der Waals surface area (Å²) in [5.41, 5.74) is 8.72. The van der Waals surface area contributed by atoms with Crippen molar-refractivity contribution in [1.29, 1.82) is 0 Å². The number of nitrogens with zero attached hydrogens (tertiary/aromatic N) is 2. The number of aromatic nitrogens is 2. The van der Waals surface area contributed by atoms with E-state index in [9.17, 15) is 0 Å². The van der Waals surface area contributed by atoms with Crippen molar-refractivity contribution in [3.63, 3.8) is 0 Å². The number of benzene rings is 1. The smallest absolute Gasteiger partial charge is 0.201 e. The molecule has 20 heavy (non-hydrogen) atoms. The highest BCUT2D eigenvalue weighted by atomic mass is 16.5. The van der Waals surface area contributed by atoms with Gasteiger partial charge in [-0.3, -0.25) is 0 Å². The van der Waals surface area contributed by atoms with Crippen LogP contribution in [0.5, 0.6) is 5.75 Å². The second-order valence-corrected chi connectivity index (χ2v) is 6.90. The molecule has 0 aliphatic heterocycles. The number of para-hydroxylation sites is 1. The maximum atomic E-state index is 6.13. The molecule has 3 rings (SSSR count). The number of hydrogen-bond donors (Lipinski definition) is 1. The zero-order valence-electron chi connectivity index (χ0n) is 12.9. The minimum atomic E-state index is 0.342. The van der Waals surface area contributed by atoms with Gasteiger partial charge < -0.3 is 15.0 Å². The van der Waals surface area contributed by atoms with Crippen LogP contribution in [0.1, 0.15) is 27.7 Å². The number of ether oxygens (including phenoxy) is 1. The molecule has 4 nitrogen and oxygen atoms in total. The number of hydrogen-bond acceptors (Lipinski definition) is 3. The number of nitrogens with two attached hydrogens (primary N) is 1. The SMILES string of the molecule is COc1cccc2c1nc(N)n2CC1C(C)(C)C1(C)C. The van der Waals surface area contributed by atoms with Crippen LogP contribution in [0.2, 0.25) is 0 Å². The summed E-state index contributed by atoms with van der Waals surface area (Å²) >= 11 is 0. The number of methoxy groups -OCH3 is 1. The number of rotatable bonds is 3. The number of fused-ring (bicyclic) bond motifs is 1. The molecule has 0 unspecified atom stereocenters. The first-order valence-electron chi connectivity index (χ1n) is 7.09. The summed E-state index contributed by atoms with van der Waals surface area (Å²) in [6.07, 6.45) is 0. The van der Waals surface area contributed by atoms with E-state index in [-0.39, 0.29) is 0 Å². The Balaban J connectivity index is 2.03. The number of nitrogen functional groups attached to an aromatic ring is 1. The monoisotopic (exact) mass is 273 g/mol. The lowest BCUT2D eigenvalue weighted by atomic mass is 10.0. The van der Waals surface area contributed by atoms with Crippen LogP contribution in [0.3, 0.4) is 0 Å². The first-order chi connectivity index (χ1) is 9.30. The third-order valence-electron chi connectivity index (χ3n) is 5.68. The Morgan fingerprint density at radius 1 is 1.25 bits per heavy atom. The molecule has 0 spiro atoms. The summed E-state index contributed by atoms with van der Waals surface area (Å²) in [6.45, 7) is 10.2. The maximum Gasteiger partial charge on any atom is 0.201 e. The van der Waals surface area contributed by atoms with Crippen molar-refractivity contribution in [1.82, 2.24) is 9.55 Å². The predicted octanol–water partition coefficient (Wildman–Crippen LogP) is 3.31. The van der Waals surface area contributed by atoms with Gasteiger partial charge in [0.1, 0.15) is 11.3 Å². The third-order valence-corrected chi connectivity index (χ3v) is 5.68. The normalized spacial score (nSPS) is 20.2. The molecule has 0 amide bonds. The average molecular weight is 273 g/mol. The van der Waals surface area contributed by atoms with Crippen LogP contribution in [-0.2, 0) is 6.54 Å². The van der Waals surface area contributed by atoms with E-state index < -0.39 is 0 Å². The fraction of sp³-hybridized carbons (Fsp3) is 0.562. The zero-order valence-corrected chi connectivity index (χ0v) is 12.9. The molecule has 1 aliphatic rings. The van der Waals surface area contributed by atoms with Crippen LogP contribution in [0.25, 0.3) is 11.0 Å². The van der Waals surface area contributed by atoms with Crippen LogP contribution in [0, 0.1) is 16.7 Å². The van der Waals surface area contributed by atoms with E-state index in [1.165, 1.54) is 0 Å². The summed E-state index contributed by atoms with van der Waals surface area (Å²) in [5.74, 6) is 1.96. The molecule has 0 bridgehead atoms. The Hall–Kier alpha value is -1.71. The van der Waals surface area contributed by atoms with Gasteiger partial charge in [-0.05, 0) is 28.9 Å². The van der Waals surface area contributed by atoms with E-state index in [4.69, 9.17) is 10.5 Å². The van der Waals surface area contributed by atoms with Gasteiger partial charge in [-0.2, -0.15) is 0 Å². The summed E-state index contributed by atoms with van der Waals surface area (Å²) in [6, 6.07) is 5.97. The van der Waals surface area contributed by atoms with Crippen LogP contribution in [0.4, 0.5) is 5.95 Å². The first kappa shape index (κ1) is 13.3. The van der Waals surface area contributed by atoms with E-state index >= 15 is 0 Å². The fourth-order valence-corrected chi connectivity index (χ4v) is 3.47. The summed E-state index contributed by atoms with van der Waals surface area (Å²) in [5, 5.41) is 0. The molecule has 2 aromatic rings. The molecule has 1 aromatic carbocycles. The lowest BCUT2D eigenvalue weighted by Crippen LogP contribution is -2.08. The fourth-order valence-electron chi connectivity index (χ4n) is 3.47. The Labute approximate surface area is 119 Å². The van der Waals surface area contributed by atoms with Crippen molar-refractivity contribution in [2.75, 3.05) is 12.8 Å². The molecule has 108 valence electrons. The molecule has 2 N–H and O–H groups in total.